The first-order valence-corrected chi connectivity index (χ1v) is 7.65. The van der Waals surface area contributed by atoms with Crippen LogP contribution in [-0.2, 0) is 13.0 Å². The number of rotatable bonds is 7. The van der Waals surface area contributed by atoms with Crippen LogP contribution in [0.25, 0.3) is 0 Å². The molecule has 21 heavy (non-hydrogen) atoms. The van der Waals surface area contributed by atoms with Gasteiger partial charge in [0.15, 0.2) is 5.82 Å². The van der Waals surface area contributed by atoms with Gasteiger partial charge in [0.1, 0.15) is 0 Å². The summed E-state index contributed by atoms with van der Waals surface area (Å²) in [5.74, 6) is 1.49. The summed E-state index contributed by atoms with van der Waals surface area (Å²) in [6.07, 6.45) is 1.87. The van der Waals surface area contributed by atoms with E-state index in [1.807, 2.05) is 18.2 Å². The van der Waals surface area contributed by atoms with Gasteiger partial charge in [0.05, 0.1) is 6.54 Å². The van der Waals surface area contributed by atoms with Crippen LogP contribution in [0.3, 0.4) is 0 Å². The van der Waals surface area contributed by atoms with Crippen LogP contribution in [0.15, 0.2) is 34.9 Å². The molecule has 1 aliphatic heterocycles. The van der Waals surface area contributed by atoms with E-state index in [-0.39, 0.29) is 0 Å². The summed E-state index contributed by atoms with van der Waals surface area (Å²) >= 11 is 0. The molecule has 1 aromatic heterocycles. The minimum absolute atomic E-state index is 0.606. The Hall–Kier alpha value is -1.72. The number of nitrogens with one attached hydrogen (secondary N) is 1. The van der Waals surface area contributed by atoms with Gasteiger partial charge in [0, 0.05) is 25.6 Å². The van der Waals surface area contributed by atoms with Crippen molar-refractivity contribution in [3.8, 4) is 0 Å². The average molecular weight is 286 g/mol. The molecule has 0 bridgehead atoms. The zero-order valence-electron chi connectivity index (χ0n) is 12.5. The van der Waals surface area contributed by atoms with Gasteiger partial charge in [-0.05, 0) is 18.5 Å². The molecular weight excluding hydrogens is 264 g/mol. The first-order chi connectivity index (χ1) is 10.3. The van der Waals surface area contributed by atoms with Crippen LogP contribution in [0.5, 0.6) is 0 Å². The molecule has 112 valence electrons. The highest BCUT2D eigenvalue weighted by Crippen LogP contribution is 2.12. The molecule has 2 aromatic rings. The van der Waals surface area contributed by atoms with Crippen LogP contribution in [0.1, 0.15) is 30.6 Å². The Morgan fingerprint density at radius 3 is 2.76 bits per heavy atom. The zero-order valence-corrected chi connectivity index (χ0v) is 12.5. The molecule has 1 aromatic carbocycles. The average Bonchev–Trinajstić information content (AvgIpc) is 2.85. The molecule has 0 saturated carbocycles. The molecule has 1 N–H and O–H groups in total. The SMILES string of the molecule is CCCN(Cc1nc(Cc2ccccc2)no1)C1CNC1. The van der Waals surface area contributed by atoms with E-state index in [9.17, 15) is 0 Å². The summed E-state index contributed by atoms with van der Waals surface area (Å²) in [5, 5.41) is 7.41. The van der Waals surface area contributed by atoms with E-state index >= 15 is 0 Å². The highest BCUT2D eigenvalue weighted by atomic mass is 16.5. The number of hydrogen-bond donors (Lipinski definition) is 1. The van der Waals surface area contributed by atoms with Crippen molar-refractivity contribution in [1.82, 2.24) is 20.4 Å². The molecule has 1 saturated heterocycles. The normalized spacial score (nSPS) is 15.3. The van der Waals surface area contributed by atoms with Gasteiger partial charge in [-0.1, -0.05) is 42.4 Å². The fourth-order valence-corrected chi connectivity index (χ4v) is 2.59. The van der Waals surface area contributed by atoms with Crippen molar-refractivity contribution in [3.05, 3.63) is 47.6 Å². The Balaban J connectivity index is 1.61. The molecule has 1 aliphatic rings. The molecule has 0 radical (unpaired) electrons. The molecular formula is C16H22N4O. The zero-order chi connectivity index (χ0) is 14.5. The number of hydrogen-bond acceptors (Lipinski definition) is 5. The maximum Gasteiger partial charge on any atom is 0.240 e. The minimum Gasteiger partial charge on any atom is -0.338 e. The summed E-state index contributed by atoms with van der Waals surface area (Å²) in [5.41, 5.74) is 1.21. The lowest BCUT2D eigenvalue weighted by Gasteiger charge is -2.37. The number of nitrogens with zero attached hydrogens (tertiary/aromatic N) is 3. The van der Waals surface area contributed by atoms with E-state index in [4.69, 9.17) is 4.52 Å². The molecule has 2 heterocycles. The third-order valence-corrected chi connectivity index (χ3v) is 3.84. The van der Waals surface area contributed by atoms with Crippen molar-refractivity contribution in [2.75, 3.05) is 19.6 Å². The second-order valence-electron chi connectivity index (χ2n) is 5.55. The van der Waals surface area contributed by atoms with Gasteiger partial charge >= 0.3 is 0 Å². The molecule has 0 aliphatic carbocycles. The van der Waals surface area contributed by atoms with Gasteiger partial charge in [0.2, 0.25) is 5.89 Å². The summed E-state index contributed by atoms with van der Waals surface area (Å²) in [6, 6.07) is 10.8. The largest absolute Gasteiger partial charge is 0.338 e. The number of benzene rings is 1. The molecule has 0 amide bonds. The monoisotopic (exact) mass is 286 g/mol. The molecule has 0 unspecified atom stereocenters. The maximum absolute atomic E-state index is 5.41. The Morgan fingerprint density at radius 1 is 1.29 bits per heavy atom. The Kier molecular flexibility index (Phi) is 4.62. The highest BCUT2D eigenvalue weighted by Gasteiger charge is 2.25. The summed E-state index contributed by atoms with van der Waals surface area (Å²) in [4.78, 5) is 6.96. The van der Waals surface area contributed by atoms with Gasteiger partial charge in [-0.3, -0.25) is 4.90 Å². The van der Waals surface area contributed by atoms with Crippen molar-refractivity contribution < 1.29 is 4.52 Å². The van der Waals surface area contributed by atoms with Crippen molar-refractivity contribution in [2.45, 2.75) is 32.4 Å². The van der Waals surface area contributed by atoms with E-state index < -0.39 is 0 Å². The maximum atomic E-state index is 5.41. The Bertz CT molecular complexity index is 550. The highest BCUT2D eigenvalue weighted by molar-refractivity contribution is 5.18. The van der Waals surface area contributed by atoms with Gasteiger partial charge < -0.3 is 9.84 Å². The van der Waals surface area contributed by atoms with E-state index in [2.05, 4.69) is 39.4 Å². The van der Waals surface area contributed by atoms with Crippen molar-refractivity contribution in [3.63, 3.8) is 0 Å². The van der Waals surface area contributed by atoms with Crippen LogP contribution in [0.2, 0.25) is 0 Å². The third kappa shape index (κ3) is 3.68. The smallest absolute Gasteiger partial charge is 0.240 e. The molecule has 5 nitrogen and oxygen atoms in total. The van der Waals surface area contributed by atoms with Gasteiger partial charge in [-0.25, -0.2) is 0 Å². The third-order valence-electron chi connectivity index (χ3n) is 3.84. The lowest BCUT2D eigenvalue weighted by Crippen LogP contribution is -2.57. The fraction of sp³-hybridized carbons (Fsp3) is 0.500. The molecule has 0 atom stereocenters. The van der Waals surface area contributed by atoms with Crippen LogP contribution < -0.4 is 5.32 Å². The van der Waals surface area contributed by atoms with Gasteiger partial charge in [-0.15, -0.1) is 0 Å². The lowest BCUT2D eigenvalue weighted by atomic mass is 10.1. The predicted molar refractivity (Wildman–Crippen MR) is 80.9 cm³/mol. The van der Waals surface area contributed by atoms with E-state index in [1.54, 1.807) is 0 Å². The fourth-order valence-electron chi connectivity index (χ4n) is 2.59. The predicted octanol–water partition coefficient (Wildman–Crippen LogP) is 1.84. The van der Waals surface area contributed by atoms with Crippen molar-refractivity contribution >= 4 is 0 Å². The standard InChI is InChI=1S/C16H22N4O/c1-2-8-20(14-10-17-11-14)12-16-18-15(19-21-16)9-13-6-4-3-5-7-13/h3-7,14,17H,2,8-12H2,1H3. The van der Waals surface area contributed by atoms with E-state index in [1.165, 1.54) is 5.56 Å². The van der Waals surface area contributed by atoms with Crippen LogP contribution in [0, 0.1) is 0 Å². The molecule has 5 heteroatoms. The lowest BCUT2D eigenvalue weighted by molar-refractivity contribution is 0.122. The van der Waals surface area contributed by atoms with Crippen LogP contribution in [-0.4, -0.2) is 40.7 Å². The Morgan fingerprint density at radius 2 is 2.10 bits per heavy atom. The first kappa shape index (κ1) is 14.2. The Labute approximate surface area is 125 Å². The molecule has 3 rings (SSSR count). The van der Waals surface area contributed by atoms with Crippen LogP contribution in [0.4, 0.5) is 0 Å². The second-order valence-corrected chi connectivity index (χ2v) is 5.55. The second kappa shape index (κ2) is 6.83. The summed E-state index contributed by atoms with van der Waals surface area (Å²) in [7, 11) is 0. The topological polar surface area (TPSA) is 54.2 Å². The molecule has 1 fully saturated rings. The summed E-state index contributed by atoms with van der Waals surface area (Å²) in [6.45, 7) is 6.15. The summed E-state index contributed by atoms with van der Waals surface area (Å²) < 4.78 is 5.41. The quantitative estimate of drug-likeness (QED) is 0.842. The molecule has 0 spiro atoms. The first-order valence-electron chi connectivity index (χ1n) is 7.65. The number of aromatic nitrogens is 2. The van der Waals surface area contributed by atoms with Crippen molar-refractivity contribution in [1.29, 1.82) is 0 Å². The van der Waals surface area contributed by atoms with Crippen LogP contribution >= 0.6 is 0 Å². The van der Waals surface area contributed by atoms with Gasteiger partial charge in [0.25, 0.3) is 0 Å². The van der Waals surface area contributed by atoms with E-state index in [0.29, 0.717) is 6.04 Å². The van der Waals surface area contributed by atoms with E-state index in [0.717, 1.165) is 50.7 Å². The minimum atomic E-state index is 0.606. The van der Waals surface area contributed by atoms with Gasteiger partial charge in [-0.2, -0.15) is 4.98 Å². The van der Waals surface area contributed by atoms with Crippen molar-refractivity contribution in [2.24, 2.45) is 0 Å².